The van der Waals surface area contributed by atoms with Gasteiger partial charge >= 0.3 is 0 Å². The zero-order valence-corrected chi connectivity index (χ0v) is 20.9. The third-order valence-corrected chi connectivity index (χ3v) is 8.22. The maximum Gasteiger partial charge on any atom is 0.234 e. The molecule has 0 radical (unpaired) electrons. The molecule has 7 heteroatoms. The summed E-state index contributed by atoms with van der Waals surface area (Å²) in [4.78, 5) is 28.0. The number of nitrogens with zero attached hydrogens (tertiary/aromatic N) is 3. The minimum atomic E-state index is -0.0341. The Morgan fingerprint density at radius 3 is 2.79 bits per heavy atom. The Morgan fingerprint density at radius 2 is 2.00 bits per heavy atom. The summed E-state index contributed by atoms with van der Waals surface area (Å²) in [5, 5.41) is 5.05. The van der Waals surface area contributed by atoms with E-state index in [4.69, 9.17) is 4.98 Å². The molecule has 5 rings (SSSR count). The Hall–Kier alpha value is -2.51. The highest BCUT2D eigenvalue weighted by Gasteiger charge is 2.23. The lowest BCUT2D eigenvalue weighted by atomic mass is 9.87. The average Bonchev–Trinajstić information content (AvgIpc) is 3.16. The molecule has 3 heterocycles. The van der Waals surface area contributed by atoms with Gasteiger partial charge in [0.05, 0.1) is 16.0 Å². The fourth-order valence-electron chi connectivity index (χ4n) is 4.63. The molecule has 0 bridgehead atoms. The predicted molar refractivity (Wildman–Crippen MR) is 138 cm³/mol. The van der Waals surface area contributed by atoms with Crippen LogP contribution in [0.25, 0.3) is 20.4 Å². The fourth-order valence-corrected chi connectivity index (χ4v) is 6.68. The summed E-state index contributed by atoms with van der Waals surface area (Å²) in [7, 11) is 0. The first-order valence-electron chi connectivity index (χ1n) is 11.6. The molecule has 0 atom stereocenters. The van der Waals surface area contributed by atoms with Crippen LogP contribution in [0.15, 0.2) is 35.6 Å². The van der Waals surface area contributed by atoms with E-state index >= 15 is 0 Å². The quantitative estimate of drug-likeness (QED) is 0.259. The van der Waals surface area contributed by atoms with E-state index < -0.39 is 0 Å². The van der Waals surface area contributed by atoms with E-state index in [0.29, 0.717) is 11.7 Å². The number of benzene rings is 1. The van der Waals surface area contributed by atoms with Crippen LogP contribution >= 0.6 is 23.1 Å². The van der Waals surface area contributed by atoms with Gasteiger partial charge in [-0.15, -0.1) is 11.3 Å². The van der Waals surface area contributed by atoms with Gasteiger partial charge in [-0.3, -0.25) is 4.79 Å². The number of thioether (sulfide) groups is 1. The normalized spacial score (nSPS) is 13.6. The van der Waals surface area contributed by atoms with Crippen molar-refractivity contribution in [2.75, 3.05) is 11.1 Å². The number of rotatable bonds is 6. The molecule has 5 nitrogen and oxygen atoms in total. The van der Waals surface area contributed by atoms with Crippen LogP contribution in [0.1, 0.15) is 49.1 Å². The number of nitrogens with one attached hydrogen (secondary N) is 1. The van der Waals surface area contributed by atoms with Crippen LogP contribution in [0.4, 0.5) is 5.69 Å². The lowest BCUT2D eigenvalue weighted by molar-refractivity contribution is -0.113. The molecule has 0 saturated carbocycles. The summed E-state index contributed by atoms with van der Waals surface area (Å²) in [6.07, 6.45) is 7.31. The Labute approximate surface area is 202 Å². The number of hydrogen-bond donors (Lipinski definition) is 1. The van der Waals surface area contributed by atoms with Crippen molar-refractivity contribution in [1.82, 2.24) is 15.0 Å². The molecule has 3 aromatic heterocycles. The molecule has 4 aromatic rings. The molecule has 170 valence electrons. The van der Waals surface area contributed by atoms with E-state index in [2.05, 4.69) is 29.1 Å². The number of pyridine rings is 1. The number of aryl methyl sites for hydroxylation is 2. The molecule has 1 aliphatic carbocycles. The highest BCUT2D eigenvalue weighted by molar-refractivity contribution is 8.00. The summed E-state index contributed by atoms with van der Waals surface area (Å²) in [5.74, 6) is 0.847. The minimum Gasteiger partial charge on any atom is -0.325 e. The summed E-state index contributed by atoms with van der Waals surface area (Å²) in [5.41, 5.74) is 7.10. The van der Waals surface area contributed by atoms with Crippen molar-refractivity contribution < 1.29 is 4.79 Å². The first-order chi connectivity index (χ1) is 16.0. The topological polar surface area (TPSA) is 67.8 Å². The van der Waals surface area contributed by atoms with Gasteiger partial charge in [-0.1, -0.05) is 37.7 Å². The molecule has 0 fully saturated rings. The van der Waals surface area contributed by atoms with Crippen molar-refractivity contribution in [3.63, 3.8) is 0 Å². The van der Waals surface area contributed by atoms with E-state index in [1.54, 1.807) is 17.7 Å². The zero-order chi connectivity index (χ0) is 22.9. The van der Waals surface area contributed by atoms with E-state index in [0.717, 1.165) is 50.6 Å². The minimum absolute atomic E-state index is 0.0341. The van der Waals surface area contributed by atoms with Gasteiger partial charge in [-0.25, -0.2) is 15.0 Å². The van der Waals surface area contributed by atoms with E-state index in [1.807, 2.05) is 31.2 Å². The van der Waals surface area contributed by atoms with Crippen molar-refractivity contribution >= 4 is 55.1 Å². The third-order valence-electron chi connectivity index (χ3n) is 6.02. The molecular weight excluding hydrogens is 448 g/mol. The van der Waals surface area contributed by atoms with Crippen LogP contribution in [0.2, 0.25) is 0 Å². The van der Waals surface area contributed by atoms with Crippen LogP contribution in [0.5, 0.6) is 0 Å². The largest absolute Gasteiger partial charge is 0.325 e. The van der Waals surface area contributed by atoms with Crippen molar-refractivity contribution in [3.8, 4) is 0 Å². The monoisotopic (exact) mass is 476 g/mol. The molecule has 1 amide bonds. The molecule has 0 saturated heterocycles. The molecule has 0 spiro atoms. The number of hydrogen-bond acceptors (Lipinski definition) is 6. The highest BCUT2D eigenvalue weighted by atomic mass is 32.2. The molecule has 33 heavy (non-hydrogen) atoms. The molecule has 1 aromatic carbocycles. The maximum atomic E-state index is 12.6. The molecule has 1 aliphatic rings. The number of aromatic nitrogens is 3. The SMILES string of the molecule is Cc1cccc(NC(=O)CSc2ncnc3c2sc2nc(CC(C)C)c4c(c23)CCCC4)c1. The summed E-state index contributed by atoms with van der Waals surface area (Å²) in [6.45, 7) is 6.53. The molecule has 0 unspecified atom stereocenters. The number of carbonyl (C=O) groups is 1. The van der Waals surface area contributed by atoms with Gasteiger partial charge in [0, 0.05) is 16.8 Å². The van der Waals surface area contributed by atoms with Gasteiger partial charge in [0.2, 0.25) is 5.91 Å². The van der Waals surface area contributed by atoms with Crippen molar-refractivity contribution in [2.24, 2.45) is 5.92 Å². The predicted octanol–water partition coefficient (Wildman–Crippen LogP) is 6.36. The molecule has 1 N–H and O–H groups in total. The third kappa shape index (κ3) is 4.62. The van der Waals surface area contributed by atoms with Crippen molar-refractivity contribution in [2.45, 2.75) is 57.9 Å². The Kier molecular flexibility index (Phi) is 6.34. The summed E-state index contributed by atoms with van der Waals surface area (Å²) in [6, 6.07) is 7.85. The molecule has 0 aliphatic heterocycles. The number of thiophene rings is 1. The summed E-state index contributed by atoms with van der Waals surface area (Å²) < 4.78 is 1.04. The van der Waals surface area contributed by atoms with Gasteiger partial charge in [0.25, 0.3) is 0 Å². The number of anilines is 1. The van der Waals surface area contributed by atoms with Crippen LogP contribution in [-0.2, 0) is 24.1 Å². The Morgan fingerprint density at radius 1 is 1.18 bits per heavy atom. The van der Waals surface area contributed by atoms with Crippen LogP contribution < -0.4 is 5.32 Å². The number of amides is 1. The number of fused-ring (bicyclic) bond motifs is 5. The van der Waals surface area contributed by atoms with E-state index in [9.17, 15) is 4.79 Å². The van der Waals surface area contributed by atoms with E-state index in [-0.39, 0.29) is 5.91 Å². The molecular formula is C26H28N4OS2. The van der Waals surface area contributed by atoms with Gasteiger partial charge in [0.15, 0.2) is 0 Å². The van der Waals surface area contributed by atoms with Gasteiger partial charge < -0.3 is 5.32 Å². The smallest absolute Gasteiger partial charge is 0.234 e. The van der Waals surface area contributed by atoms with Gasteiger partial charge in [-0.05, 0) is 73.8 Å². The van der Waals surface area contributed by atoms with Gasteiger partial charge in [0.1, 0.15) is 16.2 Å². The Balaban J connectivity index is 1.47. The summed E-state index contributed by atoms with van der Waals surface area (Å²) >= 11 is 3.14. The standard InChI is InChI=1S/C26H28N4OS2/c1-15(2)11-20-18-9-4-5-10-19(18)22-23-24(33-25(22)30-20)26(28-14-27-23)32-13-21(31)29-17-8-6-7-16(3)12-17/h6-8,12,14-15H,4-5,9-11,13H2,1-3H3,(H,29,31). The zero-order valence-electron chi connectivity index (χ0n) is 19.3. The highest BCUT2D eigenvalue weighted by Crippen LogP contribution is 2.41. The van der Waals surface area contributed by atoms with E-state index in [1.165, 1.54) is 46.8 Å². The first kappa shape index (κ1) is 22.3. The second-order valence-corrected chi connectivity index (χ2v) is 11.1. The first-order valence-corrected chi connectivity index (χ1v) is 13.4. The Bertz CT molecular complexity index is 1350. The lowest BCUT2D eigenvalue weighted by Gasteiger charge is -2.20. The van der Waals surface area contributed by atoms with Gasteiger partial charge in [-0.2, -0.15) is 0 Å². The maximum absolute atomic E-state index is 12.6. The van der Waals surface area contributed by atoms with Crippen LogP contribution in [0.3, 0.4) is 0 Å². The second-order valence-electron chi connectivity index (χ2n) is 9.17. The average molecular weight is 477 g/mol. The lowest BCUT2D eigenvalue weighted by Crippen LogP contribution is -2.14. The van der Waals surface area contributed by atoms with Crippen molar-refractivity contribution in [3.05, 3.63) is 53.0 Å². The van der Waals surface area contributed by atoms with Crippen LogP contribution in [0, 0.1) is 12.8 Å². The number of carbonyl (C=O) groups excluding carboxylic acids is 1. The fraction of sp³-hybridized carbons (Fsp3) is 0.385. The van der Waals surface area contributed by atoms with Crippen molar-refractivity contribution in [1.29, 1.82) is 0 Å². The second kappa shape index (κ2) is 9.39. The van der Waals surface area contributed by atoms with Crippen LogP contribution in [-0.4, -0.2) is 26.6 Å².